The number of nitrogens with zero attached hydrogens (tertiary/aromatic N) is 3. The first-order chi connectivity index (χ1) is 12.7. The number of nitrogens with one attached hydrogen (secondary N) is 1. The number of hydrogen-bond donors (Lipinski definition) is 2. The van der Waals surface area contributed by atoms with Crippen LogP contribution < -0.4 is 15.8 Å². The standard InChI is InChI=1S/C17H19N5O4S/c1-17(2,21-16(23)12-6-7-19-10-20-12)9-26-13-5-3-4-11-8-27(24,25)22-15(18)14(11)13/h3-7,10H,8-9H2,1-2H3,(H2,18,22)(H,21,23). The maximum absolute atomic E-state index is 12.3. The topological polar surface area (TPSA) is 137 Å². The number of fused-ring (bicyclic) bond motifs is 1. The Kier molecular flexibility index (Phi) is 4.83. The first kappa shape index (κ1) is 18.8. The molecule has 1 aromatic heterocycles. The van der Waals surface area contributed by atoms with Crippen molar-refractivity contribution in [3.8, 4) is 5.75 Å². The second kappa shape index (κ2) is 6.95. The van der Waals surface area contributed by atoms with E-state index in [2.05, 4.69) is 19.7 Å². The zero-order chi connectivity index (χ0) is 19.7. The van der Waals surface area contributed by atoms with Crippen LogP contribution in [-0.4, -0.2) is 42.3 Å². The van der Waals surface area contributed by atoms with Gasteiger partial charge in [0.1, 0.15) is 30.2 Å². The lowest BCUT2D eigenvalue weighted by Crippen LogP contribution is -2.48. The molecule has 27 heavy (non-hydrogen) atoms. The Morgan fingerprint density at radius 3 is 2.81 bits per heavy atom. The van der Waals surface area contributed by atoms with Gasteiger partial charge >= 0.3 is 0 Å². The number of amidine groups is 1. The van der Waals surface area contributed by atoms with Crippen molar-refractivity contribution in [1.29, 1.82) is 0 Å². The third-order valence-electron chi connectivity index (χ3n) is 3.80. The predicted octanol–water partition coefficient (Wildman–Crippen LogP) is 0.613. The molecule has 1 amide bonds. The van der Waals surface area contributed by atoms with Crippen LogP contribution in [0, 0.1) is 0 Å². The Bertz CT molecular complexity index is 1000. The molecular formula is C17H19N5O4S. The smallest absolute Gasteiger partial charge is 0.270 e. The van der Waals surface area contributed by atoms with Gasteiger partial charge in [-0.2, -0.15) is 0 Å². The van der Waals surface area contributed by atoms with Crippen LogP contribution in [0.15, 0.2) is 41.2 Å². The number of benzene rings is 1. The van der Waals surface area contributed by atoms with Crippen LogP contribution >= 0.6 is 0 Å². The summed E-state index contributed by atoms with van der Waals surface area (Å²) in [5, 5.41) is 2.84. The highest BCUT2D eigenvalue weighted by molar-refractivity contribution is 7.89. The summed E-state index contributed by atoms with van der Waals surface area (Å²) in [5.41, 5.74) is 6.34. The predicted molar refractivity (Wildman–Crippen MR) is 98.9 cm³/mol. The second-order valence-corrected chi connectivity index (χ2v) is 8.35. The highest BCUT2D eigenvalue weighted by atomic mass is 32.2. The molecular weight excluding hydrogens is 370 g/mol. The number of amides is 1. The fourth-order valence-corrected chi connectivity index (χ4v) is 3.71. The molecule has 3 N–H and O–H groups in total. The summed E-state index contributed by atoms with van der Waals surface area (Å²) in [6.07, 6.45) is 2.78. The summed E-state index contributed by atoms with van der Waals surface area (Å²) < 4.78 is 32.9. The summed E-state index contributed by atoms with van der Waals surface area (Å²) in [4.78, 5) is 20.0. The van der Waals surface area contributed by atoms with Gasteiger partial charge in [-0.25, -0.2) is 18.4 Å². The van der Waals surface area contributed by atoms with Gasteiger partial charge in [0, 0.05) is 6.20 Å². The molecule has 0 fully saturated rings. The molecule has 0 radical (unpaired) electrons. The lowest BCUT2D eigenvalue weighted by molar-refractivity contribution is 0.0875. The highest BCUT2D eigenvalue weighted by Gasteiger charge is 2.27. The van der Waals surface area contributed by atoms with E-state index >= 15 is 0 Å². The Labute approximate surface area is 156 Å². The number of nitrogens with two attached hydrogens (primary N) is 1. The minimum Gasteiger partial charge on any atom is -0.490 e. The van der Waals surface area contributed by atoms with Gasteiger partial charge in [0.2, 0.25) is 0 Å². The lowest BCUT2D eigenvalue weighted by atomic mass is 10.1. The van der Waals surface area contributed by atoms with Crippen LogP contribution in [-0.2, 0) is 15.8 Å². The average molecular weight is 389 g/mol. The number of sulfonamides is 1. The Morgan fingerprint density at radius 2 is 2.11 bits per heavy atom. The molecule has 0 aliphatic carbocycles. The monoisotopic (exact) mass is 389 g/mol. The van der Waals surface area contributed by atoms with Gasteiger partial charge in [-0.1, -0.05) is 12.1 Å². The summed E-state index contributed by atoms with van der Waals surface area (Å²) >= 11 is 0. The van der Waals surface area contributed by atoms with Gasteiger partial charge < -0.3 is 15.8 Å². The zero-order valence-electron chi connectivity index (χ0n) is 14.8. The first-order valence-electron chi connectivity index (χ1n) is 8.09. The largest absolute Gasteiger partial charge is 0.490 e. The maximum atomic E-state index is 12.3. The molecule has 3 rings (SSSR count). The van der Waals surface area contributed by atoms with Crippen LogP contribution in [0.3, 0.4) is 0 Å². The van der Waals surface area contributed by atoms with Crippen LogP contribution in [0.5, 0.6) is 5.75 Å². The lowest BCUT2D eigenvalue weighted by Gasteiger charge is -2.27. The van der Waals surface area contributed by atoms with E-state index in [9.17, 15) is 13.2 Å². The molecule has 10 heteroatoms. The molecule has 1 aliphatic heterocycles. The molecule has 1 aliphatic rings. The molecule has 0 saturated carbocycles. The first-order valence-corrected chi connectivity index (χ1v) is 9.69. The van der Waals surface area contributed by atoms with Crippen molar-refractivity contribution in [3.63, 3.8) is 0 Å². The van der Waals surface area contributed by atoms with Crippen molar-refractivity contribution < 1.29 is 17.9 Å². The number of hydrogen-bond acceptors (Lipinski definition) is 7. The van der Waals surface area contributed by atoms with Crippen LogP contribution in [0.2, 0.25) is 0 Å². The number of ether oxygens (including phenoxy) is 1. The molecule has 1 aromatic carbocycles. The van der Waals surface area contributed by atoms with Gasteiger partial charge in [0.25, 0.3) is 15.9 Å². The molecule has 2 aromatic rings. The van der Waals surface area contributed by atoms with Crippen molar-refractivity contribution >= 4 is 21.8 Å². The van der Waals surface area contributed by atoms with E-state index in [0.717, 1.165) is 0 Å². The summed E-state index contributed by atoms with van der Waals surface area (Å²) in [5.74, 6) is -0.274. The minimum absolute atomic E-state index is 0.102. The molecule has 0 bridgehead atoms. The molecule has 0 atom stereocenters. The Hall–Kier alpha value is -3.01. The highest BCUT2D eigenvalue weighted by Crippen LogP contribution is 2.28. The van der Waals surface area contributed by atoms with Crippen molar-refractivity contribution in [2.75, 3.05) is 6.61 Å². The number of carbonyl (C=O) groups excluding carboxylic acids is 1. The van der Waals surface area contributed by atoms with Gasteiger partial charge in [0.05, 0.1) is 16.9 Å². The van der Waals surface area contributed by atoms with Crippen LogP contribution in [0.4, 0.5) is 0 Å². The van der Waals surface area contributed by atoms with Crippen molar-refractivity contribution in [3.05, 3.63) is 53.6 Å². The van der Waals surface area contributed by atoms with E-state index in [4.69, 9.17) is 10.5 Å². The molecule has 2 heterocycles. The van der Waals surface area contributed by atoms with Crippen LogP contribution in [0.1, 0.15) is 35.5 Å². The summed E-state index contributed by atoms with van der Waals surface area (Å²) in [7, 11) is -3.61. The molecule has 9 nitrogen and oxygen atoms in total. The van der Waals surface area contributed by atoms with Crippen LogP contribution in [0.25, 0.3) is 0 Å². The third kappa shape index (κ3) is 4.40. The van der Waals surface area contributed by atoms with Gasteiger partial charge in [-0.05, 0) is 31.5 Å². The third-order valence-corrected chi connectivity index (χ3v) is 4.95. The number of aromatic nitrogens is 2. The van der Waals surface area contributed by atoms with E-state index in [0.29, 0.717) is 16.9 Å². The zero-order valence-corrected chi connectivity index (χ0v) is 15.7. The molecule has 0 unspecified atom stereocenters. The van der Waals surface area contributed by atoms with E-state index in [1.807, 2.05) is 0 Å². The van der Waals surface area contributed by atoms with Gasteiger partial charge in [0.15, 0.2) is 0 Å². The molecule has 0 spiro atoms. The van der Waals surface area contributed by atoms with Gasteiger partial charge in [-0.3, -0.25) is 4.79 Å². The van der Waals surface area contributed by atoms with Crippen molar-refractivity contribution in [2.45, 2.75) is 25.1 Å². The Balaban J connectivity index is 1.75. The summed E-state index contributed by atoms with van der Waals surface area (Å²) in [6.45, 7) is 3.72. The fraction of sp³-hybridized carbons (Fsp3) is 0.294. The van der Waals surface area contributed by atoms with Gasteiger partial charge in [-0.15, -0.1) is 4.40 Å². The minimum atomic E-state index is -3.61. The van der Waals surface area contributed by atoms with E-state index in [1.54, 1.807) is 32.0 Å². The van der Waals surface area contributed by atoms with Crippen molar-refractivity contribution in [2.24, 2.45) is 10.1 Å². The van der Waals surface area contributed by atoms with E-state index in [-0.39, 0.29) is 29.8 Å². The number of carbonyl (C=O) groups is 1. The quantitative estimate of drug-likeness (QED) is 0.764. The number of rotatable bonds is 5. The average Bonchev–Trinajstić information content (AvgIpc) is 2.59. The fourth-order valence-electron chi connectivity index (χ4n) is 2.62. The van der Waals surface area contributed by atoms with E-state index < -0.39 is 15.6 Å². The molecule has 142 valence electrons. The second-order valence-electron chi connectivity index (χ2n) is 6.71. The normalized spacial score (nSPS) is 15.4. The van der Waals surface area contributed by atoms with E-state index in [1.165, 1.54) is 18.6 Å². The maximum Gasteiger partial charge on any atom is 0.270 e. The summed E-state index contributed by atoms with van der Waals surface area (Å²) in [6, 6.07) is 6.55. The van der Waals surface area contributed by atoms with Crippen molar-refractivity contribution in [1.82, 2.24) is 15.3 Å². The molecule has 0 saturated heterocycles. The SMILES string of the molecule is CC(C)(COc1cccc2c1C(N)=NS(=O)(=O)C2)NC(=O)c1ccncn1. The Morgan fingerprint density at radius 1 is 1.33 bits per heavy atom.